The van der Waals surface area contributed by atoms with E-state index in [0.29, 0.717) is 11.3 Å². The maximum absolute atomic E-state index is 13.9. The highest BCUT2D eigenvalue weighted by Crippen LogP contribution is 2.25. The van der Waals surface area contributed by atoms with Crippen LogP contribution in [0.2, 0.25) is 0 Å². The van der Waals surface area contributed by atoms with Gasteiger partial charge in [-0.2, -0.15) is 0 Å². The first-order valence-corrected chi connectivity index (χ1v) is 5.90. The van der Waals surface area contributed by atoms with Crippen LogP contribution in [0.1, 0.15) is 25.3 Å². The lowest BCUT2D eigenvalue weighted by molar-refractivity contribution is 0.0361. The van der Waals surface area contributed by atoms with Gasteiger partial charge in [-0.05, 0) is 23.6 Å². The van der Waals surface area contributed by atoms with Crippen LogP contribution in [0.5, 0.6) is 0 Å². The molecular formula is C13H17FN2O2. The lowest BCUT2D eigenvalue weighted by Gasteiger charge is -2.33. The zero-order valence-electron chi connectivity index (χ0n) is 10.8. The van der Waals surface area contributed by atoms with Crippen molar-refractivity contribution in [2.75, 3.05) is 25.4 Å². The molecule has 0 aliphatic carbocycles. The molecule has 0 bridgehead atoms. The number of hydrogen-bond acceptors (Lipinski definition) is 2. The molecule has 18 heavy (non-hydrogen) atoms. The number of ether oxygens (including phenoxy) is 1. The third-order valence-corrected chi connectivity index (χ3v) is 2.98. The Morgan fingerprint density at radius 2 is 2.06 bits per heavy atom. The van der Waals surface area contributed by atoms with Crippen LogP contribution in [-0.2, 0) is 4.74 Å². The van der Waals surface area contributed by atoms with Crippen molar-refractivity contribution in [2.24, 2.45) is 0 Å². The van der Waals surface area contributed by atoms with E-state index in [1.165, 1.54) is 15.9 Å². The summed E-state index contributed by atoms with van der Waals surface area (Å²) < 4.78 is 19.1. The molecule has 98 valence electrons. The van der Waals surface area contributed by atoms with E-state index in [9.17, 15) is 9.18 Å². The predicted octanol–water partition coefficient (Wildman–Crippen LogP) is 2.75. The maximum Gasteiger partial charge on any atom is 0.327 e. The van der Waals surface area contributed by atoms with Gasteiger partial charge >= 0.3 is 6.03 Å². The summed E-state index contributed by atoms with van der Waals surface area (Å²) in [7, 11) is 1.65. The molecule has 1 aromatic rings. The second-order valence-electron chi connectivity index (χ2n) is 4.73. The van der Waals surface area contributed by atoms with E-state index in [0.717, 1.165) is 0 Å². The molecule has 4 nitrogen and oxygen atoms in total. The van der Waals surface area contributed by atoms with Gasteiger partial charge in [-0.3, -0.25) is 4.90 Å². The Labute approximate surface area is 106 Å². The minimum Gasteiger partial charge on any atom is -0.340 e. The molecule has 1 saturated heterocycles. The number of benzene rings is 1. The standard InChI is InChI=1S/C13H17FN2O2/c1-9(2)11-5-4-10(6-12(11)14)16-8-18-7-15(3)13(16)17/h4-6,9H,7-8H2,1-3H3. The monoisotopic (exact) mass is 252 g/mol. The molecule has 0 atom stereocenters. The summed E-state index contributed by atoms with van der Waals surface area (Å²) in [6.07, 6.45) is 0. The van der Waals surface area contributed by atoms with Crippen LogP contribution < -0.4 is 4.90 Å². The number of anilines is 1. The number of urea groups is 1. The molecule has 1 fully saturated rings. The molecule has 0 spiro atoms. The van der Waals surface area contributed by atoms with Crippen LogP contribution in [0.25, 0.3) is 0 Å². The fourth-order valence-corrected chi connectivity index (χ4v) is 1.92. The molecular weight excluding hydrogens is 235 g/mol. The largest absolute Gasteiger partial charge is 0.340 e. The summed E-state index contributed by atoms with van der Waals surface area (Å²) in [6, 6.07) is 4.67. The van der Waals surface area contributed by atoms with Gasteiger partial charge in [-0.15, -0.1) is 0 Å². The third-order valence-electron chi connectivity index (χ3n) is 2.98. The molecule has 1 aliphatic heterocycles. The molecule has 0 saturated carbocycles. The fourth-order valence-electron chi connectivity index (χ4n) is 1.92. The quantitative estimate of drug-likeness (QED) is 0.810. The topological polar surface area (TPSA) is 32.8 Å². The summed E-state index contributed by atoms with van der Waals surface area (Å²) in [5, 5.41) is 0. The maximum atomic E-state index is 13.9. The molecule has 5 heteroatoms. The smallest absolute Gasteiger partial charge is 0.327 e. The van der Waals surface area contributed by atoms with E-state index < -0.39 is 0 Å². The molecule has 1 heterocycles. The number of carbonyl (C=O) groups is 1. The van der Waals surface area contributed by atoms with Crippen LogP contribution in [0.4, 0.5) is 14.9 Å². The van der Waals surface area contributed by atoms with E-state index in [-0.39, 0.29) is 31.2 Å². The van der Waals surface area contributed by atoms with E-state index in [2.05, 4.69) is 0 Å². The van der Waals surface area contributed by atoms with Crippen molar-refractivity contribution in [3.05, 3.63) is 29.6 Å². The lowest BCUT2D eigenvalue weighted by Crippen LogP contribution is -2.48. The highest BCUT2D eigenvalue weighted by atomic mass is 19.1. The zero-order valence-corrected chi connectivity index (χ0v) is 10.8. The Morgan fingerprint density at radius 3 is 2.67 bits per heavy atom. The van der Waals surface area contributed by atoms with E-state index in [1.54, 1.807) is 19.2 Å². The Bertz CT molecular complexity index is 462. The molecule has 0 radical (unpaired) electrons. The molecule has 0 aromatic heterocycles. The highest BCUT2D eigenvalue weighted by molar-refractivity contribution is 5.92. The van der Waals surface area contributed by atoms with Gasteiger partial charge in [0, 0.05) is 7.05 Å². The normalized spacial score (nSPS) is 16.6. The van der Waals surface area contributed by atoms with Gasteiger partial charge in [-0.1, -0.05) is 19.9 Å². The number of carbonyl (C=O) groups excluding carboxylic acids is 1. The number of halogens is 1. The Hall–Kier alpha value is -1.62. The Balaban J connectivity index is 2.29. The third kappa shape index (κ3) is 2.31. The van der Waals surface area contributed by atoms with Crippen LogP contribution in [0, 0.1) is 5.82 Å². The molecule has 1 aliphatic rings. The zero-order chi connectivity index (χ0) is 13.3. The van der Waals surface area contributed by atoms with Crippen LogP contribution in [0.3, 0.4) is 0 Å². The summed E-state index contributed by atoms with van der Waals surface area (Å²) in [4.78, 5) is 14.8. The van der Waals surface area contributed by atoms with E-state index >= 15 is 0 Å². The Morgan fingerprint density at radius 1 is 1.33 bits per heavy atom. The predicted molar refractivity (Wildman–Crippen MR) is 66.9 cm³/mol. The van der Waals surface area contributed by atoms with Gasteiger partial charge in [0.1, 0.15) is 19.3 Å². The average molecular weight is 252 g/mol. The van der Waals surface area contributed by atoms with Crippen molar-refractivity contribution in [3.63, 3.8) is 0 Å². The molecule has 0 unspecified atom stereocenters. The molecule has 2 amide bonds. The number of hydrogen-bond donors (Lipinski definition) is 0. The first-order chi connectivity index (χ1) is 8.50. The van der Waals surface area contributed by atoms with Gasteiger partial charge in [0.15, 0.2) is 0 Å². The van der Waals surface area contributed by atoms with Crippen molar-refractivity contribution in [3.8, 4) is 0 Å². The first-order valence-electron chi connectivity index (χ1n) is 5.90. The van der Waals surface area contributed by atoms with Crippen molar-refractivity contribution in [1.29, 1.82) is 0 Å². The van der Waals surface area contributed by atoms with Crippen molar-refractivity contribution in [2.45, 2.75) is 19.8 Å². The highest BCUT2D eigenvalue weighted by Gasteiger charge is 2.25. The minimum atomic E-state index is -0.288. The van der Waals surface area contributed by atoms with Gasteiger partial charge in [0.05, 0.1) is 5.69 Å². The Kier molecular flexibility index (Phi) is 3.52. The second kappa shape index (κ2) is 4.94. The first kappa shape index (κ1) is 12.8. The van der Waals surface area contributed by atoms with Crippen LogP contribution in [0.15, 0.2) is 18.2 Å². The van der Waals surface area contributed by atoms with E-state index in [4.69, 9.17) is 4.74 Å². The van der Waals surface area contributed by atoms with Crippen molar-refractivity contribution >= 4 is 11.7 Å². The number of rotatable bonds is 2. The second-order valence-corrected chi connectivity index (χ2v) is 4.73. The summed E-state index contributed by atoms with van der Waals surface area (Å²) in [5.41, 5.74) is 1.17. The molecule has 2 rings (SSSR count). The fraction of sp³-hybridized carbons (Fsp3) is 0.462. The van der Waals surface area contributed by atoms with Crippen LogP contribution in [-0.4, -0.2) is 31.4 Å². The summed E-state index contributed by atoms with van der Waals surface area (Å²) in [5.74, 6) is -0.168. The van der Waals surface area contributed by atoms with Crippen molar-refractivity contribution < 1.29 is 13.9 Å². The lowest BCUT2D eigenvalue weighted by atomic mass is 10.0. The van der Waals surface area contributed by atoms with Gasteiger partial charge in [0.2, 0.25) is 0 Å². The minimum absolute atomic E-state index is 0.120. The number of nitrogens with zero attached hydrogens (tertiary/aromatic N) is 2. The SMILES string of the molecule is CC(C)c1ccc(N2COCN(C)C2=O)cc1F. The average Bonchev–Trinajstić information content (AvgIpc) is 2.32. The number of amides is 2. The summed E-state index contributed by atoms with van der Waals surface area (Å²) >= 11 is 0. The van der Waals surface area contributed by atoms with Gasteiger partial charge in [-0.25, -0.2) is 9.18 Å². The van der Waals surface area contributed by atoms with Gasteiger partial charge < -0.3 is 9.64 Å². The van der Waals surface area contributed by atoms with Crippen molar-refractivity contribution in [1.82, 2.24) is 4.90 Å². The van der Waals surface area contributed by atoms with E-state index in [1.807, 2.05) is 13.8 Å². The van der Waals surface area contributed by atoms with Crippen LogP contribution >= 0.6 is 0 Å². The van der Waals surface area contributed by atoms with Gasteiger partial charge in [0.25, 0.3) is 0 Å². The molecule has 1 aromatic carbocycles. The summed E-state index contributed by atoms with van der Waals surface area (Å²) in [6.45, 7) is 4.29. The molecule has 0 N–H and O–H groups in total.